The van der Waals surface area contributed by atoms with Crippen molar-refractivity contribution in [3.05, 3.63) is 18.6 Å². The molecular formula is C14H22N4O2. The van der Waals surface area contributed by atoms with E-state index in [0.29, 0.717) is 25.5 Å². The molecule has 0 aromatic carbocycles. The third-order valence-electron chi connectivity index (χ3n) is 3.24. The fourth-order valence-electron chi connectivity index (χ4n) is 2.52. The third-order valence-corrected chi connectivity index (χ3v) is 3.24. The average Bonchev–Trinajstić information content (AvgIpc) is 2.37. The van der Waals surface area contributed by atoms with Crippen molar-refractivity contribution in [3.63, 3.8) is 0 Å². The smallest absolute Gasteiger partial charge is 0.242 e. The molecule has 6 heteroatoms. The zero-order chi connectivity index (χ0) is 14.8. The van der Waals surface area contributed by atoms with Gasteiger partial charge in [0.15, 0.2) is 0 Å². The molecule has 0 radical (unpaired) electrons. The molecule has 20 heavy (non-hydrogen) atoms. The molecule has 1 saturated heterocycles. The average molecular weight is 278 g/mol. The molecule has 1 unspecified atom stereocenters. The normalized spacial score (nSPS) is 21.6. The quantitative estimate of drug-likeness (QED) is 0.823. The zero-order valence-electron chi connectivity index (χ0n) is 12.5. The van der Waals surface area contributed by atoms with Crippen molar-refractivity contribution in [1.82, 2.24) is 14.9 Å². The maximum atomic E-state index is 12.4. The third kappa shape index (κ3) is 3.66. The van der Waals surface area contributed by atoms with Crippen LogP contribution >= 0.6 is 0 Å². The lowest BCUT2D eigenvalue weighted by Crippen LogP contribution is -2.55. The van der Waals surface area contributed by atoms with Crippen molar-refractivity contribution in [2.45, 2.75) is 32.5 Å². The molecule has 1 amide bonds. The SMILES string of the molecule is CC1CN(C(=O)CN(C)c2cnccn2)CC(C)(C)O1. The predicted molar refractivity (Wildman–Crippen MR) is 76.5 cm³/mol. The van der Waals surface area contributed by atoms with Crippen LogP contribution in [0.5, 0.6) is 0 Å². The number of carbonyl (C=O) groups is 1. The van der Waals surface area contributed by atoms with Crippen LogP contribution in [0.2, 0.25) is 0 Å². The number of anilines is 1. The molecule has 0 N–H and O–H groups in total. The number of carbonyl (C=O) groups excluding carboxylic acids is 1. The Morgan fingerprint density at radius 2 is 2.30 bits per heavy atom. The van der Waals surface area contributed by atoms with Crippen molar-refractivity contribution >= 4 is 11.7 Å². The summed E-state index contributed by atoms with van der Waals surface area (Å²) in [4.78, 5) is 24.3. The highest BCUT2D eigenvalue weighted by Crippen LogP contribution is 2.21. The van der Waals surface area contributed by atoms with Gasteiger partial charge >= 0.3 is 0 Å². The Labute approximate surface area is 119 Å². The lowest BCUT2D eigenvalue weighted by atomic mass is 10.1. The summed E-state index contributed by atoms with van der Waals surface area (Å²) < 4.78 is 5.81. The second-order valence-electron chi connectivity index (χ2n) is 5.88. The van der Waals surface area contributed by atoms with Crippen LogP contribution in [-0.2, 0) is 9.53 Å². The molecule has 1 aliphatic heterocycles. The van der Waals surface area contributed by atoms with Crippen molar-refractivity contribution in [2.24, 2.45) is 0 Å². The summed E-state index contributed by atoms with van der Waals surface area (Å²) in [5.41, 5.74) is -0.293. The summed E-state index contributed by atoms with van der Waals surface area (Å²) in [7, 11) is 1.84. The summed E-state index contributed by atoms with van der Waals surface area (Å²) in [6.07, 6.45) is 4.95. The number of likely N-dealkylation sites (N-methyl/N-ethyl adjacent to an activating group) is 1. The number of ether oxygens (including phenoxy) is 1. The van der Waals surface area contributed by atoms with E-state index in [4.69, 9.17) is 4.74 Å². The van der Waals surface area contributed by atoms with Crippen LogP contribution in [0.1, 0.15) is 20.8 Å². The first-order valence-corrected chi connectivity index (χ1v) is 6.80. The minimum absolute atomic E-state index is 0.0597. The fraction of sp³-hybridized carbons (Fsp3) is 0.643. The van der Waals surface area contributed by atoms with Gasteiger partial charge in [-0.3, -0.25) is 9.78 Å². The maximum absolute atomic E-state index is 12.4. The number of rotatable bonds is 3. The van der Waals surface area contributed by atoms with Crippen LogP contribution < -0.4 is 4.90 Å². The fourth-order valence-corrected chi connectivity index (χ4v) is 2.52. The van der Waals surface area contributed by atoms with Gasteiger partial charge in [-0.1, -0.05) is 0 Å². The Balaban J connectivity index is 1.98. The van der Waals surface area contributed by atoms with E-state index in [1.54, 1.807) is 18.6 Å². The lowest BCUT2D eigenvalue weighted by Gasteiger charge is -2.42. The van der Waals surface area contributed by atoms with Gasteiger partial charge < -0.3 is 14.5 Å². The van der Waals surface area contributed by atoms with E-state index in [9.17, 15) is 4.79 Å². The molecule has 0 spiro atoms. The van der Waals surface area contributed by atoms with E-state index in [1.165, 1.54) is 0 Å². The molecular weight excluding hydrogens is 256 g/mol. The van der Waals surface area contributed by atoms with Gasteiger partial charge in [0.1, 0.15) is 5.82 Å². The Hall–Kier alpha value is -1.69. The van der Waals surface area contributed by atoms with Crippen molar-refractivity contribution in [1.29, 1.82) is 0 Å². The van der Waals surface area contributed by atoms with E-state index < -0.39 is 0 Å². The molecule has 1 fully saturated rings. The summed E-state index contributed by atoms with van der Waals surface area (Å²) >= 11 is 0. The van der Waals surface area contributed by atoms with Crippen molar-refractivity contribution in [3.8, 4) is 0 Å². The van der Waals surface area contributed by atoms with Crippen LogP contribution in [0.4, 0.5) is 5.82 Å². The summed E-state index contributed by atoms with van der Waals surface area (Å²) in [5.74, 6) is 0.780. The molecule has 1 aliphatic rings. The highest BCUT2D eigenvalue weighted by molar-refractivity contribution is 5.81. The molecule has 6 nitrogen and oxygen atoms in total. The molecule has 1 aromatic rings. The Morgan fingerprint density at radius 1 is 1.55 bits per heavy atom. The summed E-state index contributed by atoms with van der Waals surface area (Å²) in [6.45, 7) is 7.56. The van der Waals surface area contributed by atoms with Crippen LogP contribution in [0, 0.1) is 0 Å². The van der Waals surface area contributed by atoms with Gasteiger partial charge in [-0.15, -0.1) is 0 Å². The highest BCUT2D eigenvalue weighted by atomic mass is 16.5. The number of hydrogen-bond acceptors (Lipinski definition) is 5. The zero-order valence-corrected chi connectivity index (χ0v) is 12.5. The molecule has 2 rings (SSSR count). The summed E-state index contributed by atoms with van der Waals surface area (Å²) in [5, 5.41) is 0. The molecule has 0 bridgehead atoms. The number of nitrogens with zero attached hydrogens (tertiary/aromatic N) is 4. The van der Waals surface area contributed by atoms with E-state index >= 15 is 0 Å². The van der Waals surface area contributed by atoms with Crippen molar-refractivity contribution < 1.29 is 9.53 Å². The Bertz CT molecular complexity index is 464. The standard InChI is InChI=1S/C14H22N4O2/c1-11-8-18(10-14(2,3)20-11)13(19)9-17(4)12-7-15-5-6-16-12/h5-7,11H,8-10H2,1-4H3. The monoisotopic (exact) mass is 278 g/mol. The molecule has 1 aromatic heterocycles. The lowest BCUT2D eigenvalue weighted by molar-refractivity contribution is -0.156. The second-order valence-corrected chi connectivity index (χ2v) is 5.88. The van der Waals surface area contributed by atoms with Gasteiger partial charge in [-0.2, -0.15) is 0 Å². The van der Waals surface area contributed by atoms with E-state index in [2.05, 4.69) is 9.97 Å². The van der Waals surface area contributed by atoms with Gasteiger partial charge in [0.05, 0.1) is 24.4 Å². The van der Waals surface area contributed by atoms with Crippen LogP contribution in [0.3, 0.4) is 0 Å². The molecule has 0 saturated carbocycles. The topological polar surface area (TPSA) is 58.6 Å². The Morgan fingerprint density at radius 3 is 2.90 bits per heavy atom. The van der Waals surface area contributed by atoms with Gasteiger partial charge in [-0.05, 0) is 20.8 Å². The minimum Gasteiger partial charge on any atom is -0.369 e. The highest BCUT2D eigenvalue weighted by Gasteiger charge is 2.33. The van der Waals surface area contributed by atoms with E-state index in [-0.39, 0.29) is 17.6 Å². The number of hydrogen-bond donors (Lipinski definition) is 0. The van der Waals surface area contributed by atoms with E-state index in [1.807, 2.05) is 37.6 Å². The van der Waals surface area contributed by atoms with Gasteiger partial charge in [0, 0.05) is 32.5 Å². The Kier molecular flexibility index (Phi) is 4.23. The molecule has 0 aliphatic carbocycles. The first kappa shape index (κ1) is 14.7. The van der Waals surface area contributed by atoms with E-state index in [0.717, 1.165) is 0 Å². The van der Waals surface area contributed by atoms with Crippen LogP contribution in [-0.4, -0.2) is 59.2 Å². The molecule has 1 atom stereocenters. The first-order chi connectivity index (χ1) is 9.37. The first-order valence-electron chi connectivity index (χ1n) is 6.80. The van der Waals surface area contributed by atoms with Crippen LogP contribution in [0.25, 0.3) is 0 Å². The van der Waals surface area contributed by atoms with Crippen LogP contribution in [0.15, 0.2) is 18.6 Å². The maximum Gasteiger partial charge on any atom is 0.242 e. The minimum atomic E-state index is -0.293. The number of amides is 1. The van der Waals surface area contributed by atoms with Crippen molar-refractivity contribution in [2.75, 3.05) is 31.6 Å². The number of morpholine rings is 1. The molecule has 110 valence electrons. The predicted octanol–water partition coefficient (Wildman–Crippen LogP) is 0.939. The second kappa shape index (κ2) is 5.75. The van der Waals surface area contributed by atoms with Gasteiger partial charge in [0.25, 0.3) is 0 Å². The molecule has 2 heterocycles. The number of aromatic nitrogens is 2. The van der Waals surface area contributed by atoms with Gasteiger partial charge in [-0.25, -0.2) is 4.98 Å². The summed E-state index contributed by atoms with van der Waals surface area (Å²) in [6, 6.07) is 0. The largest absolute Gasteiger partial charge is 0.369 e. The van der Waals surface area contributed by atoms with Gasteiger partial charge in [0.2, 0.25) is 5.91 Å².